The Morgan fingerprint density at radius 3 is 2.47 bits per heavy atom. The van der Waals surface area contributed by atoms with E-state index >= 15 is 0 Å². The molecule has 0 saturated heterocycles. The Morgan fingerprint density at radius 2 is 1.84 bits per heavy atom. The summed E-state index contributed by atoms with van der Waals surface area (Å²) in [5.41, 5.74) is 3.19. The zero-order valence-electron chi connectivity index (χ0n) is 10.6. The summed E-state index contributed by atoms with van der Waals surface area (Å²) in [6.07, 6.45) is 0.813. The Balaban J connectivity index is 2.19. The second-order valence-corrected chi connectivity index (χ2v) is 5.52. The Hall–Kier alpha value is -1.61. The molecule has 2 aromatic carbocycles. The largest absolute Gasteiger partial charge is 0.481 e. The standard InChI is InChI=1S/C16H15BrO2/c1-11(16(18)19)14-4-2-3-13(10-14)9-12-5-7-15(17)8-6-12/h2-8,10-11H,9H2,1H3,(H,18,19). The fourth-order valence-corrected chi connectivity index (χ4v) is 2.22. The van der Waals surface area contributed by atoms with Gasteiger partial charge in [0.15, 0.2) is 0 Å². The van der Waals surface area contributed by atoms with E-state index in [1.165, 1.54) is 5.56 Å². The fraction of sp³-hybridized carbons (Fsp3) is 0.188. The first-order chi connectivity index (χ1) is 9.06. The number of aliphatic carboxylic acids is 1. The summed E-state index contributed by atoms with van der Waals surface area (Å²) in [5, 5.41) is 9.04. The van der Waals surface area contributed by atoms with Crippen LogP contribution in [0.2, 0.25) is 0 Å². The van der Waals surface area contributed by atoms with Crippen molar-refractivity contribution < 1.29 is 9.90 Å². The average Bonchev–Trinajstić information content (AvgIpc) is 2.41. The first-order valence-corrected chi connectivity index (χ1v) is 6.91. The molecule has 1 atom stereocenters. The number of hydrogen-bond acceptors (Lipinski definition) is 1. The SMILES string of the molecule is CC(C(=O)O)c1cccc(Cc2ccc(Br)cc2)c1. The van der Waals surface area contributed by atoms with Crippen LogP contribution < -0.4 is 0 Å². The van der Waals surface area contributed by atoms with Gasteiger partial charge in [0.05, 0.1) is 5.92 Å². The minimum Gasteiger partial charge on any atom is -0.481 e. The first-order valence-electron chi connectivity index (χ1n) is 6.12. The molecule has 0 aliphatic rings. The van der Waals surface area contributed by atoms with Gasteiger partial charge in [-0.05, 0) is 42.2 Å². The summed E-state index contributed by atoms with van der Waals surface area (Å²) in [5.74, 6) is -1.26. The van der Waals surface area contributed by atoms with Gasteiger partial charge in [0, 0.05) is 4.47 Å². The van der Waals surface area contributed by atoms with Gasteiger partial charge < -0.3 is 5.11 Å². The van der Waals surface area contributed by atoms with Crippen LogP contribution in [0.3, 0.4) is 0 Å². The molecule has 1 N–H and O–H groups in total. The number of carboxylic acids is 1. The first kappa shape index (κ1) is 13.8. The van der Waals surface area contributed by atoms with Crippen LogP contribution in [0.1, 0.15) is 29.5 Å². The van der Waals surface area contributed by atoms with Gasteiger partial charge in [-0.1, -0.05) is 52.3 Å². The lowest BCUT2D eigenvalue weighted by Crippen LogP contribution is -2.07. The lowest BCUT2D eigenvalue weighted by Gasteiger charge is -2.09. The Bertz CT molecular complexity index is 576. The van der Waals surface area contributed by atoms with Crippen LogP contribution in [0.5, 0.6) is 0 Å². The number of hydrogen-bond donors (Lipinski definition) is 1. The molecule has 0 amide bonds. The summed E-state index contributed by atoms with van der Waals surface area (Å²) in [6, 6.07) is 15.9. The molecule has 0 heterocycles. The van der Waals surface area contributed by atoms with E-state index in [9.17, 15) is 4.79 Å². The lowest BCUT2D eigenvalue weighted by atomic mass is 9.96. The minimum absolute atomic E-state index is 0.468. The second kappa shape index (κ2) is 6.02. The van der Waals surface area contributed by atoms with Crippen molar-refractivity contribution in [3.63, 3.8) is 0 Å². The molecule has 2 aromatic rings. The molecule has 98 valence electrons. The number of carboxylic acid groups (broad SMARTS) is 1. The fourth-order valence-electron chi connectivity index (χ4n) is 1.95. The van der Waals surface area contributed by atoms with Crippen LogP contribution in [-0.2, 0) is 11.2 Å². The molecule has 2 nitrogen and oxygen atoms in total. The quantitative estimate of drug-likeness (QED) is 0.916. The van der Waals surface area contributed by atoms with E-state index < -0.39 is 11.9 Å². The molecular weight excluding hydrogens is 304 g/mol. The molecule has 3 heteroatoms. The van der Waals surface area contributed by atoms with E-state index in [0.717, 1.165) is 22.0 Å². The van der Waals surface area contributed by atoms with Gasteiger partial charge in [0.1, 0.15) is 0 Å². The van der Waals surface area contributed by atoms with Crippen LogP contribution in [0.4, 0.5) is 0 Å². The van der Waals surface area contributed by atoms with Gasteiger partial charge in [-0.2, -0.15) is 0 Å². The number of rotatable bonds is 4. The molecule has 2 rings (SSSR count). The van der Waals surface area contributed by atoms with Crippen LogP contribution in [0, 0.1) is 0 Å². The third-order valence-electron chi connectivity index (χ3n) is 3.14. The van der Waals surface area contributed by atoms with Gasteiger partial charge in [0.2, 0.25) is 0 Å². The molecule has 0 aliphatic heterocycles. The lowest BCUT2D eigenvalue weighted by molar-refractivity contribution is -0.138. The van der Waals surface area contributed by atoms with Crippen molar-refractivity contribution in [2.45, 2.75) is 19.3 Å². The minimum atomic E-state index is -0.791. The molecule has 0 spiro atoms. The molecule has 0 aliphatic carbocycles. The molecule has 0 aromatic heterocycles. The van der Waals surface area contributed by atoms with Crippen LogP contribution in [0.25, 0.3) is 0 Å². The topological polar surface area (TPSA) is 37.3 Å². The molecule has 0 radical (unpaired) electrons. The Morgan fingerprint density at radius 1 is 1.16 bits per heavy atom. The Kier molecular flexibility index (Phi) is 4.38. The number of benzene rings is 2. The van der Waals surface area contributed by atoms with E-state index in [2.05, 4.69) is 28.1 Å². The molecule has 0 bridgehead atoms. The van der Waals surface area contributed by atoms with E-state index in [-0.39, 0.29) is 0 Å². The third-order valence-corrected chi connectivity index (χ3v) is 3.67. The van der Waals surface area contributed by atoms with Crippen molar-refractivity contribution in [2.24, 2.45) is 0 Å². The Labute approximate surface area is 121 Å². The van der Waals surface area contributed by atoms with Crippen molar-refractivity contribution in [2.75, 3.05) is 0 Å². The number of halogens is 1. The smallest absolute Gasteiger partial charge is 0.310 e. The highest BCUT2D eigenvalue weighted by Crippen LogP contribution is 2.19. The molecule has 1 unspecified atom stereocenters. The van der Waals surface area contributed by atoms with Crippen molar-refractivity contribution >= 4 is 21.9 Å². The highest BCUT2D eigenvalue weighted by molar-refractivity contribution is 9.10. The normalized spacial score (nSPS) is 12.1. The van der Waals surface area contributed by atoms with Gasteiger partial charge in [-0.3, -0.25) is 4.79 Å². The van der Waals surface area contributed by atoms with Gasteiger partial charge in [-0.25, -0.2) is 0 Å². The molecular formula is C16H15BrO2. The maximum Gasteiger partial charge on any atom is 0.310 e. The second-order valence-electron chi connectivity index (χ2n) is 4.61. The summed E-state index contributed by atoms with van der Waals surface area (Å²) in [4.78, 5) is 11.0. The van der Waals surface area contributed by atoms with Crippen molar-refractivity contribution in [1.82, 2.24) is 0 Å². The number of carbonyl (C=O) groups is 1. The van der Waals surface area contributed by atoms with Gasteiger partial charge >= 0.3 is 5.97 Å². The van der Waals surface area contributed by atoms with Crippen molar-refractivity contribution in [3.8, 4) is 0 Å². The van der Waals surface area contributed by atoms with Gasteiger partial charge in [0.25, 0.3) is 0 Å². The van der Waals surface area contributed by atoms with E-state index in [1.54, 1.807) is 6.92 Å². The summed E-state index contributed by atoms with van der Waals surface area (Å²) < 4.78 is 1.06. The molecule has 0 fully saturated rings. The van der Waals surface area contributed by atoms with E-state index in [1.807, 2.05) is 36.4 Å². The zero-order chi connectivity index (χ0) is 13.8. The predicted octanol–water partition coefficient (Wildman–Crippen LogP) is 4.23. The monoisotopic (exact) mass is 318 g/mol. The van der Waals surface area contributed by atoms with Crippen LogP contribution >= 0.6 is 15.9 Å². The van der Waals surface area contributed by atoms with Crippen LogP contribution in [-0.4, -0.2) is 11.1 Å². The molecule has 0 saturated carbocycles. The summed E-state index contributed by atoms with van der Waals surface area (Å²) in [7, 11) is 0. The van der Waals surface area contributed by atoms with E-state index in [0.29, 0.717) is 0 Å². The predicted molar refractivity (Wildman–Crippen MR) is 79.4 cm³/mol. The average molecular weight is 319 g/mol. The maximum absolute atomic E-state index is 11.0. The summed E-state index contributed by atoms with van der Waals surface area (Å²) in [6.45, 7) is 1.71. The van der Waals surface area contributed by atoms with Gasteiger partial charge in [-0.15, -0.1) is 0 Å². The van der Waals surface area contributed by atoms with Crippen molar-refractivity contribution in [3.05, 3.63) is 69.7 Å². The maximum atomic E-state index is 11.0. The van der Waals surface area contributed by atoms with Crippen molar-refractivity contribution in [1.29, 1.82) is 0 Å². The molecule has 19 heavy (non-hydrogen) atoms. The highest BCUT2D eigenvalue weighted by Gasteiger charge is 2.13. The summed E-state index contributed by atoms with van der Waals surface area (Å²) >= 11 is 3.41. The van der Waals surface area contributed by atoms with Crippen LogP contribution in [0.15, 0.2) is 53.0 Å². The van der Waals surface area contributed by atoms with E-state index in [4.69, 9.17) is 5.11 Å². The third kappa shape index (κ3) is 3.67. The highest BCUT2D eigenvalue weighted by atomic mass is 79.9. The zero-order valence-corrected chi connectivity index (χ0v) is 12.2.